The zero-order chi connectivity index (χ0) is 12.2. The normalized spacial score (nSPS) is 17.5. The number of carbonyl (C=O) groups excluding carboxylic acids is 1. The Hall–Kier alpha value is -0.940. The Morgan fingerprint density at radius 1 is 1.38 bits per heavy atom. The SMILES string of the molecule is CN(CC1CCCC1)C(=O)OCC(F)(F)F. The van der Waals surface area contributed by atoms with E-state index < -0.39 is 18.9 Å². The van der Waals surface area contributed by atoms with Crippen molar-refractivity contribution in [2.45, 2.75) is 31.9 Å². The maximum absolute atomic E-state index is 11.8. The van der Waals surface area contributed by atoms with Gasteiger partial charge in [0.2, 0.25) is 0 Å². The molecular formula is C10H16F3NO2. The zero-order valence-electron chi connectivity index (χ0n) is 9.22. The Morgan fingerprint density at radius 2 is 1.94 bits per heavy atom. The van der Waals surface area contributed by atoms with Crippen LogP contribution in [-0.2, 0) is 4.74 Å². The fourth-order valence-corrected chi connectivity index (χ4v) is 1.91. The van der Waals surface area contributed by atoms with Gasteiger partial charge in [-0.15, -0.1) is 0 Å². The predicted molar refractivity (Wildman–Crippen MR) is 52.0 cm³/mol. The molecule has 0 bridgehead atoms. The lowest BCUT2D eigenvalue weighted by molar-refractivity contribution is -0.162. The fourth-order valence-electron chi connectivity index (χ4n) is 1.91. The van der Waals surface area contributed by atoms with Gasteiger partial charge in [-0.2, -0.15) is 13.2 Å². The molecule has 0 aromatic heterocycles. The number of halogens is 3. The van der Waals surface area contributed by atoms with Gasteiger partial charge in [-0.05, 0) is 18.8 Å². The first-order valence-corrected chi connectivity index (χ1v) is 5.33. The van der Waals surface area contributed by atoms with E-state index in [0.717, 1.165) is 25.7 Å². The molecule has 0 spiro atoms. The van der Waals surface area contributed by atoms with Gasteiger partial charge >= 0.3 is 12.3 Å². The van der Waals surface area contributed by atoms with Crippen molar-refractivity contribution in [3.63, 3.8) is 0 Å². The molecule has 0 heterocycles. The summed E-state index contributed by atoms with van der Waals surface area (Å²) >= 11 is 0. The Balaban J connectivity index is 2.24. The molecule has 0 atom stereocenters. The van der Waals surface area contributed by atoms with Gasteiger partial charge in [-0.3, -0.25) is 0 Å². The highest BCUT2D eigenvalue weighted by Crippen LogP contribution is 2.25. The molecule has 94 valence electrons. The van der Waals surface area contributed by atoms with E-state index >= 15 is 0 Å². The number of hydrogen-bond acceptors (Lipinski definition) is 2. The molecule has 0 unspecified atom stereocenters. The minimum absolute atomic E-state index is 0.406. The number of nitrogens with zero attached hydrogens (tertiary/aromatic N) is 1. The van der Waals surface area contributed by atoms with Crippen LogP contribution in [0.1, 0.15) is 25.7 Å². The maximum Gasteiger partial charge on any atom is 0.422 e. The fraction of sp³-hybridized carbons (Fsp3) is 0.900. The molecule has 1 fully saturated rings. The molecule has 3 nitrogen and oxygen atoms in total. The van der Waals surface area contributed by atoms with Gasteiger partial charge < -0.3 is 9.64 Å². The summed E-state index contributed by atoms with van der Waals surface area (Å²) in [7, 11) is 1.47. The van der Waals surface area contributed by atoms with Crippen LogP contribution in [0.5, 0.6) is 0 Å². The molecule has 1 aliphatic carbocycles. The molecule has 0 saturated heterocycles. The lowest BCUT2D eigenvalue weighted by atomic mass is 10.1. The summed E-state index contributed by atoms with van der Waals surface area (Å²) in [6, 6.07) is 0. The van der Waals surface area contributed by atoms with E-state index in [0.29, 0.717) is 12.5 Å². The van der Waals surface area contributed by atoms with E-state index in [2.05, 4.69) is 4.74 Å². The van der Waals surface area contributed by atoms with Crippen molar-refractivity contribution in [2.75, 3.05) is 20.2 Å². The van der Waals surface area contributed by atoms with Crippen LogP contribution in [0.15, 0.2) is 0 Å². The summed E-state index contributed by atoms with van der Waals surface area (Å²) in [4.78, 5) is 12.4. The largest absolute Gasteiger partial charge is 0.440 e. The summed E-state index contributed by atoms with van der Waals surface area (Å²) in [6.07, 6.45) is -1.01. The average Bonchev–Trinajstić information content (AvgIpc) is 2.65. The molecule has 1 aliphatic rings. The summed E-state index contributed by atoms with van der Waals surface area (Å²) in [6.45, 7) is -1.03. The second kappa shape index (κ2) is 5.41. The van der Waals surface area contributed by atoms with Crippen molar-refractivity contribution in [3.8, 4) is 0 Å². The molecule has 6 heteroatoms. The Kier molecular flexibility index (Phi) is 4.44. The van der Waals surface area contributed by atoms with E-state index in [1.165, 1.54) is 11.9 Å². The summed E-state index contributed by atoms with van der Waals surface area (Å²) < 4.78 is 39.5. The first-order chi connectivity index (χ1) is 7.38. The molecule has 0 aromatic rings. The van der Waals surface area contributed by atoms with Crippen molar-refractivity contribution in [3.05, 3.63) is 0 Å². The molecule has 0 N–H and O–H groups in total. The van der Waals surface area contributed by atoms with Gasteiger partial charge in [0.1, 0.15) is 0 Å². The molecular weight excluding hydrogens is 223 g/mol. The highest BCUT2D eigenvalue weighted by Gasteiger charge is 2.30. The van der Waals surface area contributed by atoms with Gasteiger partial charge in [-0.25, -0.2) is 4.79 Å². The highest BCUT2D eigenvalue weighted by molar-refractivity contribution is 5.67. The summed E-state index contributed by atoms with van der Waals surface area (Å²) in [5.74, 6) is 0.406. The summed E-state index contributed by atoms with van der Waals surface area (Å²) in [5.41, 5.74) is 0. The van der Waals surface area contributed by atoms with Crippen LogP contribution >= 0.6 is 0 Å². The lowest BCUT2D eigenvalue weighted by Crippen LogP contribution is -2.34. The van der Waals surface area contributed by atoms with Gasteiger partial charge in [0.05, 0.1) is 0 Å². The van der Waals surface area contributed by atoms with E-state index in [-0.39, 0.29) is 0 Å². The molecule has 0 radical (unpaired) electrons. The van der Waals surface area contributed by atoms with E-state index in [1.807, 2.05) is 0 Å². The van der Waals surface area contributed by atoms with Crippen LogP contribution in [0.2, 0.25) is 0 Å². The van der Waals surface area contributed by atoms with Crippen LogP contribution in [0, 0.1) is 5.92 Å². The highest BCUT2D eigenvalue weighted by atomic mass is 19.4. The minimum Gasteiger partial charge on any atom is -0.440 e. The third-order valence-corrected chi connectivity index (χ3v) is 2.68. The monoisotopic (exact) mass is 239 g/mol. The molecule has 1 rings (SSSR count). The number of alkyl halides is 3. The third-order valence-electron chi connectivity index (χ3n) is 2.68. The van der Waals surface area contributed by atoms with Crippen molar-refractivity contribution < 1.29 is 22.7 Å². The van der Waals surface area contributed by atoms with Crippen LogP contribution < -0.4 is 0 Å². The van der Waals surface area contributed by atoms with Crippen molar-refractivity contribution in [1.29, 1.82) is 0 Å². The standard InChI is InChI=1S/C10H16F3NO2/c1-14(6-8-4-2-3-5-8)9(15)16-7-10(11,12)13/h8H,2-7H2,1H3. The van der Waals surface area contributed by atoms with E-state index in [1.54, 1.807) is 0 Å². The topological polar surface area (TPSA) is 29.5 Å². The van der Waals surface area contributed by atoms with Crippen LogP contribution in [0.25, 0.3) is 0 Å². The molecule has 1 saturated carbocycles. The number of ether oxygens (including phenoxy) is 1. The van der Waals surface area contributed by atoms with Crippen LogP contribution in [0.3, 0.4) is 0 Å². The molecule has 16 heavy (non-hydrogen) atoms. The Morgan fingerprint density at radius 3 is 2.44 bits per heavy atom. The lowest BCUT2D eigenvalue weighted by Gasteiger charge is -2.20. The van der Waals surface area contributed by atoms with Gasteiger partial charge in [0.25, 0.3) is 0 Å². The third kappa shape index (κ3) is 4.72. The summed E-state index contributed by atoms with van der Waals surface area (Å²) in [5, 5.41) is 0. The smallest absolute Gasteiger partial charge is 0.422 e. The van der Waals surface area contributed by atoms with Crippen molar-refractivity contribution in [2.24, 2.45) is 5.92 Å². The van der Waals surface area contributed by atoms with Crippen molar-refractivity contribution >= 4 is 6.09 Å². The molecule has 0 aromatic carbocycles. The number of rotatable bonds is 3. The quantitative estimate of drug-likeness (QED) is 0.757. The number of carbonyl (C=O) groups is 1. The molecule has 0 aliphatic heterocycles. The number of hydrogen-bond donors (Lipinski definition) is 0. The van der Waals surface area contributed by atoms with E-state index in [4.69, 9.17) is 0 Å². The second-order valence-electron chi connectivity index (χ2n) is 4.20. The maximum atomic E-state index is 11.8. The Labute approximate surface area is 92.5 Å². The average molecular weight is 239 g/mol. The van der Waals surface area contributed by atoms with Gasteiger partial charge in [0, 0.05) is 13.6 Å². The van der Waals surface area contributed by atoms with E-state index in [9.17, 15) is 18.0 Å². The zero-order valence-corrected chi connectivity index (χ0v) is 9.22. The van der Waals surface area contributed by atoms with Gasteiger partial charge in [0.15, 0.2) is 6.61 Å². The van der Waals surface area contributed by atoms with Gasteiger partial charge in [-0.1, -0.05) is 12.8 Å². The van der Waals surface area contributed by atoms with Crippen molar-refractivity contribution in [1.82, 2.24) is 4.90 Å². The second-order valence-corrected chi connectivity index (χ2v) is 4.20. The van der Waals surface area contributed by atoms with Crippen LogP contribution in [-0.4, -0.2) is 37.4 Å². The minimum atomic E-state index is -4.45. The predicted octanol–water partition coefficient (Wildman–Crippen LogP) is 2.81. The Bertz CT molecular complexity index is 237. The first-order valence-electron chi connectivity index (χ1n) is 5.33. The van der Waals surface area contributed by atoms with Crippen LogP contribution in [0.4, 0.5) is 18.0 Å². The first kappa shape index (κ1) is 13.1. The molecule has 1 amide bonds. The number of amides is 1.